The highest BCUT2D eigenvalue weighted by Crippen LogP contribution is 2.40. The molecule has 3 aromatic rings. The Balaban J connectivity index is 1.84. The fourth-order valence-corrected chi connectivity index (χ4v) is 3.14. The average molecular weight is 346 g/mol. The zero-order chi connectivity index (χ0) is 17.7. The van der Waals surface area contributed by atoms with Crippen LogP contribution in [0.2, 0.25) is 0 Å². The van der Waals surface area contributed by atoms with Gasteiger partial charge in [0.05, 0.1) is 6.04 Å². The predicted molar refractivity (Wildman–Crippen MR) is 88.2 cm³/mol. The van der Waals surface area contributed by atoms with Crippen LogP contribution in [0.3, 0.4) is 0 Å². The molecule has 130 valence electrons. The van der Waals surface area contributed by atoms with Gasteiger partial charge in [0.25, 0.3) is 12.0 Å². The van der Waals surface area contributed by atoms with Crippen molar-refractivity contribution in [3.8, 4) is 0 Å². The lowest BCUT2D eigenvalue weighted by molar-refractivity contribution is 0.146. The molecule has 0 saturated heterocycles. The number of hydrogen-bond donors (Lipinski definition) is 2. The smallest absolute Gasteiger partial charge is 0.291 e. The molecule has 1 aromatic carbocycles. The van der Waals surface area contributed by atoms with Gasteiger partial charge >= 0.3 is 5.69 Å². The first-order valence-electron chi connectivity index (χ1n) is 8.08. The minimum absolute atomic E-state index is 0.00261. The van der Waals surface area contributed by atoms with Crippen LogP contribution in [0.4, 0.5) is 8.78 Å². The van der Waals surface area contributed by atoms with E-state index in [1.54, 1.807) is 6.92 Å². The van der Waals surface area contributed by atoms with Crippen molar-refractivity contribution >= 4 is 11.0 Å². The van der Waals surface area contributed by atoms with Crippen molar-refractivity contribution in [1.29, 1.82) is 0 Å². The van der Waals surface area contributed by atoms with E-state index in [0.29, 0.717) is 5.92 Å². The minimum Gasteiger partial charge on any atom is -0.291 e. The third-order valence-electron chi connectivity index (χ3n) is 4.66. The topological polar surface area (TPSA) is 83.5 Å². The highest BCUT2D eigenvalue weighted by atomic mass is 19.3. The van der Waals surface area contributed by atoms with Gasteiger partial charge in [0.1, 0.15) is 16.7 Å². The monoisotopic (exact) mass is 346 g/mol. The van der Waals surface area contributed by atoms with Crippen LogP contribution in [0, 0.1) is 0 Å². The second-order valence-corrected chi connectivity index (χ2v) is 6.38. The second kappa shape index (κ2) is 5.65. The summed E-state index contributed by atoms with van der Waals surface area (Å²) in [7, 11) is 0. The molecule has 0 spiro atoms. The van der Waals surface area contributed by atoms with Crippen molar-refractivity contribution in [3.05, 3.63) is 61.9 Å². The number of hydrogen-bond acceptors (Lipinski definition) is 3. The van der Waals surface area contributed by atoms with Gasteiger partial charge in [-0.25, -0.2) is 18.3 Å². The summed E-state index contributed by atoms with van der Waals surface area (Å²) >= 11 is 0. The van der Waals surface area contributed by atoms with E-state index in [1.165, 1.54) is 23.1 Å². The lowest BCUT2D eigenvalue weighted by atomic mass is 10.0. The maximum Gasteiger partial charge on any atom is 0.327 e. The van der Waals surface area contributed by atoms with E-state index in [-0.39, 0.29) is 11.0 Å². The molecule has 1 fully saturated rings. The summed E-state index contributed by atoms with van der Waals surface area (Å²) in [4.78, 5) is 27.9. The van der Waals surface area contributed by atoms with E-state index in [4.69, 9.17) is 0 Å². The number of rotatable bonds is 4. The van der Waals surface area contributed by atoms with Crippen LogP contribution in [-0.2, 0) is 0 Å². The van der Waals surface area contributed by atoms with E-state index in [0.717, 1.165) is 5.56 Å². The zero-order valence-corrected chi connectivity index (χ0v) is 13.4. The maximum absolute atomic E-state index is 13.3. The Morgan fingerprint density at radius 3 is 2.44 bits per heavy atom. The summed E-state index contributed by atoms with van der Waals surface area (Å²) in [6.45, 7) is 1.79. The Hall–Kier alpha value is -2.77. The highest BCUT2D eigenvalue weighted by molar-refractivity contribution is 5.77. The molecule has 1 aliphatic carbocycles. The largest absolute Gasteiger partial charge is 0.327 e. The van der Waals surface area contributed by atoms with E-state index in [1.807, 2.05) is 29.2 Å². The third kappa shape index (κ3) is 2.67. The van der Waals surface area contributed by atoms with Crippen molar-refractivity contribution < 1.29 is 8.78 Å². The number of alkyl halides is 2. The highest BCUT2D eigenvalue weighted by Gasteiger charge is 2.26. The van der Waals surface area contributed by atoms with Gasteiger partial charge in [-0.2, -0.15) is 5.10 Å². The number of nitrogens with zero attached hydrogens (tertiary/aromatic N) is 2. The molecule has 25 heavy (non-hydrogen) atoms. The quantitative estimate of drug-likeness (QED) is 0.762. The Morgan fingerprint density at radius 2 is 1.84 bits per heavy atom. The minimum atomic E-state index is -2.92. The van der Waals surface area contributed by atoms with Crippen molar-refractivity contribution in [3.63, 3.8) is 0 Å². The Morgan fingerprint density at radius 1 is 1.16 bits per heavy atom. The van der Waals surface area contributed by atoms with Crippen molar-refractivity contribution in [1.82, 2.24) is 19.7 Å². The number of benzene rings is 1. The van der Waals surface area contributed by atoms with Crippen LogP contribution in [0.1, 0.15) is 55.0 Å². The Labute approximate surface area is 140 Å². The first-order valence-corrected chi connectivity index (χ1v) is 8.08. The van der Waals surface area contributed by atoms with E-state index in [9.17, 15) is 18.4 Å². The van der Waals surface area contributed by atoms with Crippen molar-refractivity contribution in [2.75, 3.05) is 0 Å². The molecule has 4 rings (SSSR count). The van der Waals surface area contributed by atoms with E-state index in [2.05, 4.69) is 10.1 Å². The zero-order valence-electron chi connectivity index (χ0n) is 13.4. The van der Waals surface area contributed by atoms with Gasteiger partial charge in [0.2, 0.25) is 0 Å². The van der Waals surface area contributed by atoms with Gasteiger partial charge in [-0.3, -0.25) is 14.8 Å². The number of fused-ring (bicyclic) bond motifs is 1. The summed E-state index contributed by atoms with van der Waals surface area (Å²) in [5.41, 5.74) is -0.126. The van der Waals surface area contributed by atoms with Crippen LogP contribution in [0.5, 0.6) is 0 Å². The molecular formula is C17H16F2N4O2. The SMILES string of the molecule is C[C@@H](c1ccc(C2CC2)cc1)n1nc(C(F)F)c2c(=O)[nH]c(=O)[nH]c21. The van der Waals surface area contributed by atoms with Crippen molar-refractivity contribution in [2.24, 2.45) is 0 Å². The summed E-state index contributed by atoms with van der Waals surface area (Å²) in [6.07, 6.45) is -0.527. The molecule has 0 radical (unpaired) electrons. The molecule has 1 saturated carbocycles. The molecule has 8 heteroatoms. The van der Waals surface area contributed by atoms with Gasteiger partial charge in [-0.05, 0) is 36.8 Å². The van der Waals surface area contributed by atoms with Gasteiger partial charge in [-0.15, -0.1) is 0 Å². The first-order chi connectivity index (χ1) is 12.0. The average Bonchev–Trinajstić information content (AvgIpc) is 3.35. The predicted octanol–water partition coefficient (Wildman–Crippen LogP) is 2.84. The van der Waals surface area contributed by atoms with Crippen LogP contribution in [-0.4, -0.2) is 19.7 Å². The van der Waals surface area contributed by atoms with E-state index >= 15 is 0 Å². The number of aromatic amines is 2. The molecule has 6 nitrogen and oxygen atoms in total. The van der Waals surface area contributed by atoms with Crippen molar-refractivity contribution in [2.45, 2.75) is 38.2 Å². The van der Waals surface area contributed by atoms with Gasteiger partial charge in [-0.1, -0.05) is 24.3 Å². The van der Waals surface area contributed by atoms with Gasteiger partial charge < -0.3 is 0 Å². The van der Waals surface area contributed by atoms with Crippen LogP contribution in [0.15, 0.2) is 33.9 Å². The molecule has 2 aromatic heterocycles. The van der Waals surface area contributed by atoms with E-state index < -0.39 is 29.4 Å². The molecule has 0 unspecified atom stereocenters. The van der Waals surface area contributed by atoms with Crippen LogP contribution >= 0.6 is 0 Å². The molecule has 1 aliphatic rings. The fraction of sp³-hybridized carbons (Fsp3) is 0.353. The summed E-state index contributed by atoms with van der Waals surface area (Å²) in [5, 5.41) is 3.63. The first kappa shape index (κ1) is 15.7. The third-order valence-corrected chi connectivity index (χ3v) is 4.66. The molecule has 2 N–H and O–H groups in total. The fourth-order valence-electron chi connectivity index (χ4n) is 3.14. The molecular weight excluding hydrogens is 330 g/mol. The molecule has 2 heterocycles. The lowest BCUT2D eigenvalue weighted by Crippen LogP contribution is -2.23. The summed E-state index contributed by atoms with van der Waals surface area (Å²) < 4.78 is 27.8. The molecule has 0 aliphatic heterocycles. The maximum atomic E-state index is 13.3. The molecule has 1 atom stereocenters. The number of nitrogens with one attached hydrogen (secondary N) is 2. The van der Waals surface area contributed by atoms with Gasteiger partial charge in [0.15, 0.2) is 0 Å². The normalized spacial score (nSPS) is 15.8. The standard InChI is InChI=1S/C17H16F2N4O2/c1-8(9-2-4-10(5-3-9)11-6-7-11)23-15-12(13(22-23)14(18)19)16(24)21-17(25)20-15/h2-5,8,11,14H,6-7H2,1H3,(H2,20,21,24,25)/t8-/m0/s1. The lowest BCUT2D eigenvalue weighted by Gasteiger charge is -2.14. The number of aromatic nitrogens is 4. The number of H-pyrrole nitrogens is 2. The second-order valence-electron chi connectivity index (χ2n) is 6.38. The molecule has 0 bridgehead atoms. The Kier molecular flexibility index (Phi) is 3.55. The summed E-state index contributed by atoms with van der Waals surface area (Å²) in [6, 6.07) is 7.50. The van der Waals surface area contributed by atoms with Crippen LogP contribution < -0.4 is 11.2 Å². The summed E-state index contributed by atoms with van der Waals surface area (Å²) in [5.74, 6) is 0.621. The van der Waals surface area contributed by atoms with Gasteiger partial charge in [0, 0.05) is 0 Å². The van der Waals surface area contributed by atoms with Crippen LogP contribution in [0.25, 0.3) is 11.0 Å². The molecule has 0 amide bonds. The number of halogens is 2. The Bertz CT molecular complexity index is 1050.